The van der Waals surface area contributed by atoms with Crippen molar-refractivity contribution in [3.63, 3.8) is 0 Å². The molecule has 0 aromatic heterocycles. The fraction of sp³-hybridized carbons (Fsp3) is 0.0909. The van der Waals surface area contributed by atoms with Gasteiger partial charge in [-0.3, -0.25) is 0 Å². The number of nitrogens with zero attached hydrogens (tertiary/aromatic N) is 1. The zero-order chi connectivity index (χ0) is 19.0. The third-order valence-corrected chi connectivity index (χ3v) is 4.60. The van der Waals surface area contributed by atoms with Crippen LogP contribution in [0.25, 0.3) is 38.8 Å². The molecule has 5 heteroatoms. The third kappa shape index (κ3) is 2.83. The summed E-state index contributed by atoms with van der Waals surface area (Å²) in [5, 5.41) is 14.0. The van der Waals surface area contributed by atoms with E-state index in [4.69, 9.17) is 9.15 Å². The Balaban J connectivity index is 2.16. The van der Waals surface area contributed by atoms with Crippen molar-refractivity contribution in [1.82, 2.24) is 0 Å². The number of anilines is 1. The summed E-state index contributed by atoms with van der Waals surface area (Å²) in [5.41, 5.74) is 4.42. The standard InChI is InChI=1S/C22H17N2O3/c1-24-14-8-10-18-20(12-14)27-19-11-13(23)7-9-17(19)21(18)15-5-3-4-6-16(15)22(25)26-2/h3-12,24H,1-2H3/q-1. The van der Waals surface area contributed by atoms with Crippen LogP contribution >= 0.6 is 0 Å². The van der Waals surface area contributed by atoms with E-state index in [1.165, 1.54) is 7.11 Å². The van der Waals surface area contributed by atoms with Gasteiger partial charge in [0, 0.05) is 35.3 Å². The number of hydrogen-bond acceptors (Lipinski definition) is 4. The normalized spacial score (nSPS) is 10.9. The lowest BCUT2D eigenvalue weighted by Gasteiger charge is -2.18. The molecule has 1 aliphatic heterocycles. The maximum Gasteiger partial charge on any atom is 0.338 e. The van der Waals surface area contributed by atoms with Gasteiger partial charge in [-0.1, -0.05) is 30.3 Å². The number of hydrogen-bond donors (Lipinski definition) is 1. The van der Waals surface area contributed by atoms with E-state index < -0.39 is 5.97 Å². The largest absolute Gasteiger partial charge is 0.804 e. The fourth-order valence-electron chi connectivity index (χ4n) is 3.31. The van der Waals surface area contributed by atoms with E-state index in [9.17, 15) is 10.2 Å². The second kappa shape index (κ2) is 6.61. The highest BCUT2D eigenvalue weighted by Crippen LogP contribution is 2.41. The van der Waals surface area contributed by atoms with E-state index in [0.29, 0.717) is 16.9 Å². The number of rotatable bonds is 3. The lowest BCUT2D eigenvalue weighted by Crippen LogP contribution is -2.05. The number of fused-ring (bicyclic) bond motifs is 2. The summed E-state index contributed by atoms with van der Waals surface area (Å²) in [7, 11) is 3.20. The van der Waals surface area contributed by atoms with Crippen molar-refractivity contribution >= 4 is 22.6 Å². The summed E-state index contributed by atoms with van der Waals surface area (Å²) in [6.45, 7) is 0. The molecule has 1 N–H and O–H groups in total. The Morgan fingerprint density at radius 3 is 2.63 bits per heavy atom. The zero-order valence-corrected chi connectivity index (χ0v) is 14.9. The van der Waals surface area contributed by atoms with Crippen LogP contribution in [0.3, 0.4) is 0 Å². The molecule has 0 spiro atoms. The van der Waals surface area contributed by atoms with E-state index in [2.05, 4.69) is 5.32 Å². The van der Waals surface area contributed by atoms with Crippen LogP contribution in [0.15, 0.2) is 65.1 Å². The lowest BCUT2D eigenvalue weighted by molar-refractivity contribution is 0.0601. The molecule has 0 saturated carbocycles. The predicted octanol–water partition coefficient (Wildman–Crippen LogP) is 4.50. The quantitative estimate of drug-likeness (QED) is 0.433. The second-order valence-corrected chi connectivity index (χ2v) is 6.16. The molecule has 2 aliphatic rings. The van der Waals surface area contributed by atoms with Crippen molar-refractivity contribution in [2.45, 2.75) is 0 Å². The molecular weight excluding hydrogens is 340 g/mol. The first-order valence-electron chi connectivity index (χ1n) is 8.50. The molecule has 0 atom stereocenters. The summed E-state index contributed by atoms with van der Waals surface area (Å²) in [6.07, 6.45) is 0. The van der Waals surface area contributed by atoms with Gasteiger partial charge in [0.2, 0.25) is 0 Å². The summed E-state index contributed by atoms with van der Waals surface area (Å²) < 4.78 is 11.0. The molecule has 0 unspecified atom stereocenters. The van der Waals surface area contributed by atoms with Gasteiger partial charge < -0.3 is 19.9 Å². The number of esters is 1. The summed E-state index contributed by atoms with van der Waals surface area (Å²) >= 11 is 0. The zero-order valence-electron chi connectivity index (χ0n) is 14.9. The Kier molecular flexibility index (Phi) is 4.12. The van der Waals surface area contributed by atoms with Crippen molar-refractivity contribution in [3.05, 3.63) is 77.0 Å². The minimum Gasteiger partial charge on any atom is -0.804 e. The van der Waals surface area contributed by atoms with E-state index >= 15 is 0 Å². The molecule has 2 aromatic rings. The van der Waals surface area contributed by atoms with Crippen LogP contribution in [0.1, 0.15) is 10.4 Å². The van der Waals surface area contributed by atoms with Crippen LogP contribution in [-0.4, -0.2) is 20.1 Å². The van der Waals surface area contributed by atoms with Crippen molar-refractivity contribution in [2.75, 3.05) is 19.5 Å². The molecule has 0 fully saturated rings. The van der Waals surface area contributed by atoms with E-state index in [1.807, 2.05) is 37.4 Å². The van der Waals surface area contributed by atoms with Gasteiger partial charge in [0.05, 0.1) is 12.7 Å². The fourth-order valence-corrected chi connectivity index (χ4v) is 3.31. The van der Waals surface area contributed by atoms with Crippen molar-refractivity contribution in [3.8, 4) is 22.5 Å². The number of carbonyl (C=O) groups excluding carboxylic acids is 1. The average Bonchev–Trinajstić information content (AvgIpc) is 2.70. The molecule has 1 heterocycles. The minimum absolute atomic E-state index is 0.113. The Labute approximate surface area is 156 Å². The van der Waals surface area contributed by atoms with Gasteiger partial charge >= 0.3 is 5.97 Å². The van der Waals surface area contributed by atoms with E-state index in [-0.39, 0.29) is 5.36 Å². The SMILES string of the molecule is CNc1ccc2c(-c3ccccc3C(=O)OC)c3ccc(=[N-])cc-3oc2c1. The number of ether oxygens (including phenoxy) is 1. The van der Waals surface area contributed by atoms with Crippen LogP contribution in [0.2, 0.25) is 0 Å². The third-order valence-electron chi connectivity index (χ3n) is 4.60. The summed E-state index contributed by atoms with van der Waals surface area (Å²) in [5.74, 6) is 0.128. The monoisotopic (exact) mass is 357 g/mol. The first-order chi connectivity index (χ1) is 13.1. The van der Waals surface area contributed by atoms with Crippen molar-refractivity contribution < 1.29 is 13.9 Å². The second-order valence-electron chi connectivity index (χ2n) is 6.16. The highest BCUT2D eigenvalue weighted by atomic mass is 16.5. The summed E-state index contributed by atoms with van der Waals surface area (Å²) in [4.78, 5) is 12.3. The number of carbonyl (C=O) groups is 1. The molecule has 1 aliphatic carbocycles. The van der Waals surface area contributed by atoms with E-state index in [0.717, 1.165) is 27.8 Å². The van der Waals surface area contributed by atoms with Crippen LogP contribution in [0.4, 0.5) is 5.69 Å². The molecule has 0 radical (unpaired) electrons. The highest BCUT2D eigenvalue weighted by Gasteiger charge is 2.21. The number of methoxy groups -OCH3 is 1. The van der Waals surface area contributed by atoms with Gasteiger partial charge in [-0.25, -0.2) is 4.79 Å². The van der Waals surface area contributed by atoms with E-state index in [1.54, 1.807) is 30.3 Å². The predicted molar refractivity (Wildman–Crippen MR) is 106 cm³/mol. The molecule has 5 nitrogen and oxygen atoms in total. The van der Waals surface area contributed by atoms with Gasteiger partial charge in [0.1, 0.15) is 11.3 Å². The van der Waals surface area contributed by atoms with Gasteiger partial charge in [-0.15, -0.1) is 0 Å². The Morgan fingerprint density at radius 2 is 1.85 bits per heavy atom. The highest BCUT2D eigenvalue weighted by molar-refractivity contribution is 6.08. The molecule has 4 rings (SSSR count). The maximum absolute atomic E-state index is 12.3. The first-order valence-corrected chi connectivity index (χ1v) is 8.50. The van der Waals surface area contributed by atoms with Crippen molar-refractivity contribution in [2.24, 2.45) is 0 Å². The van der Waals surface area contributed by atoms with Crippen LogP contribution in [-0.2, 0) is 4.74 Å². The van der Waals surface area contributed by atoms with Gasteiger partial charge in [0.15, 0.2) is 0 Å². The topological polar surface area (TPSA) is 73.8 Å². The van der Waals surface area contributed by atoms with Gasteiger partial charge in [0.25, 0.3) is 0 Å². The smallest absolute Gasteiger partial charge is 0.338 e. The molecular formula is C22H17N2O3-. The molecule has 27 heavy (non-hydrogen) atoms. The Hall–Kier alpha value is -3.60. The molecule has 134 valence electrons. The summed E-state index contributed by atoms with van der Waals surface area (Å²) in [6, 6.07) is 18.1. The average molecular weight is 357 g/mol. The van der Waals surface area contributed by atoms with Gasteiger partial charge in [-0.2, -0.15) is 5.36 Å². The van der Waals surface area contributed by atoms with Crippen molar-refractivity contribution in [1.29, 1.82) is 0 Å². The lowest BCUT2D eigenvalue weighted by atomic mass is 9.90. The Bertz CT molecular complexity index is 1190. The molecule has 0 saturated heterocycles. The maximum atomic E-state index is 12.3. The molecule has 2 aromatic carbocycles. The Morgan fingerprint density at radius 1 is 1.04 bits per heavy atom. The van der Waals surface area contributed by atoms with Crippen LogP contribution < -0.4 is 10.7 Å². The first kappa shape index (κ1) is 16.8. The molecule has 0 amide bonds. The van der Waals surface area contributed by atoms with Crippen LogP contribution in [0, 0.1) is 0 Å². The number of benzene rings is 3. The molecule has 0 bridgehead atoms. The van der Waals surface area contributed by atoms with Gasteiger partial charge in [-0.05, 0) is 29.8 Å². The number of nitrogens with one attached hydrogen (secondary N) is 1. The van der Waals surface area contributed by atoms with Crippen LogP contribution in [0.5, 0.6) is 0 Å². The minimum atomic E-state index is -0.404.